The zero-order chi connectivity index (χ0) is 15.4. The van der Waals surface area contributed by atoms with E-state index in [-0.39, 0.29) is 24.0 Å². The number of thiazole rings is 1. The van der Waals surface area contributed by atoms with Crippen molar-refractivity contribution in [3.8, 4) is 0 Å². The van der Waals surface area contributed by atoms with Gasteiger partial charge < -0.3 is 9.73 Å². The van der Waals surface area contributed by atoms with Crippen molar-refractivity contribution < 1.29 is 14.0 Å². The van der Waals surface area contributed by atoms with Gasteiger partial charge in [0.15, 0.2) is 10.9 Å². The van der Waals surface area contributed by atoms with Crippen LogP contribution in [-0.2, 0) is 11.2 Å². The van der Waals surface area contributed by atoms with Gasteiger partial charge in [-0.1, -0.05) is 6.42 Å². The first-order valence-electron chi connectivity index (χ1n) is 7.26. The summed E-state index contributed by atoms with van der Waals surface area (Å²) in [5, 5.41) is 7.82. The number of rotatable bonds is 6. The van der Waals surface area contributed by atoms with Crippen molar-refractivity contribution in [3.63, 3.8) is 0 Å². The summed E-state index contributed by atoms with van der Waals surface area (Å²) in [5.74, 6) is 0.499. The first-order chi connectivity index (χ1) is 10.7. The monoisotopic (exact) mass is 319 g/mol. The fourth-order valence-electron chi connectivity index (χ4n) is 2.19. The Bertz CT molecular complexity index is 647. The van der Waals surface area contributed by atoms with Gasteiger partial charge in [0, 0.05) is 11.9 Å². The van der Waals surface area contributed by atoms with Gasteiger partial charge in [-0.05, 0) is 30.9 Å². The van der Waals surface area contributed by atoms with E-state index in [1.165, 1.54) is 36.9 Å². The van der Waals surface area contributed by atoms with Gasteiger partial charge in [-0.2, -0.15) is 0 Å². The molecule has 0 atom stereocenters. The SMILES string of the molecule is O=C(Cc1csc(NC(=O)c2ccco2)n1)NCC1CCC1. The van der Waals surface area contributed by atoms with Crippen molar-refractivity contribution in [1.82, 2.24) is 10.3 Å². The topological polar surface area (TPSA) is 84.2 Å². The Balaban J connectivity index is 1.48. The largest absolute Gasteiger partial charge is 0.459 e. The molecule has 2 heterocycles. The molecule has 1 saturated carbocycles. The minimum absolute atomic E-state index is 0.0267. The summed E-state index contributed by atoms with van der Waals surface area (Å²) in [6.45, 7) is 0.755. The predicted molar refractivity (Wildman–Crippen MR) is 82.8 cm³/mol. The normalized spacial score (nSPS) is 14.4. The van der Waals surface area contributed by atoms with Crippen LogP contribution in [0, 0.1) is 5.92 Å². The first kappa shape index (κ1) is 14.8. The Morgan fingerprint density at radius 2 is 2.27 bits per heavy atom. The van der Waals surface area contributed by atoms with Crippen LogP contribution in [0.1, 0.15) is 35.5 Å². The molecule has 0 aliphatic heterocycles. The number of anilines is 1. The summed E-state index contributed by atoms with van der Waals surface area (Å²) in [7, 11) is 0. The summed E-state index contributed by atoms with van der Waals surface area (Å²) >= 11 is 1.29. The van der Waals surface area contributed by atoms with Gasteiger partial charge >= 0.3 is 0 Å². The summed E-state index contributed by atoms with van der Waals surface area (Å²) in [6.07, 6.45) is 5.36. The number of aromatic nitrogens is 1. The van der Waals surface area contributed by atoms with Crippen LogP contribution < -0.4 is 10.6 Å². The van der Waals surface area contributed by atoms with E-state index in [2.05, 4.69) is 15.6 Å². The molecule has 0 unspecified atom stereocenters. The molecule has 3 rings (SSSR count). The summed E-state index contributed by atoms with van der Waals surface area (Å²) in [5.41, 5.74) is 0.658. The Morgan fingerprint density at radius 1 is 1.41 bits per heavy atom. The molecule has 7 heteroatoms. The van der Waals surface area contributed by atoms with Crippen LogP contribution in [0.5, 0.6) is 0 Å². The van der Waals surface area contributed by atoms with Gasteiger partial charge in [0.1, 0.15) is 0 Å². The van der Waals surface area contributed by atoms with Gasteiger partial charge in [0.25, 0.3) is 5.91 Å². The summed E-state index contributed by atoms with van der Waals surface area (Å²) < 4.78 is 5.01. The van der Waals surface area contributed by atoms with E-state index in [1.54, 1.807) is 17.5 Å². The standard InChI is InChI=1S/C15H17N3O3S/c19-13(16-8-10-3-1-4-10)7-11-9-22-15(17-11)18-14(20)12-5-2-6-21-12/h2,5-6,9-10H,1,3-4,7-8H2,(H,16,19)(H,17,18,20). The van der Waals surface area contributed by atoms with Crippen molar-refractivity contribution in [3.05, 3.63) is 35.2 Å². The number of hydrogen-bond donors (Lipinski definition) is 2. The third-order valence-electron chi connectivity index (χ3n) is 3.67. The molecule has 2 aromatic rings. The zero-order valence-electron chi connectivity index (χ0n) is 12.0. The van der Waals surface area contributed by atoms with Crippen LogP contribution in [0.4, 0.5) is 5.13 Å². The van der Waals surface area contributed by atoms with E-state index in [1.807, 2.05) is 0 Å². The summed E-state index contributed by atoms with van der Waals surface area (Å²) in [6, 6.07) is 3.23. The Kier molecular flexibility index (Phi) is 4.53. The van der Waals surface area contributed by atoms with Crippen LogP contribution >= 0.6 is 11.3 Å². The molecule has 22 heavy (non-hydrogen) atoms. The van der Waals surface area contributed by atoms with Crippen LogP contribution in [0.3, 0.4) is 0 Å². The van der Waals surface area contributed by atoms with Gasteiger partial charge in [-0.3, -0.25) is 14.9 Å². The average Bonchev–Trinajstić information content (AvgIpc) is 3.08. The number of carbonyl (C=O) groups excluding carboxylic acids is 2. The molecular weight excluding hydrogens is 302 g/mol. The van der Waals surface area contributed by atoms with E-state index >= 15 is 0 Å². The summed E-state index contributed by atoms with van der Waals surface area (Å²) in [4.78, 5) is 27.9. The lowest BCUT2D eigenvalue weighted by atomic mass is 9.85. The minimum Gasteiger partial charge on any atom is -0.459 e. The fraction of sp³-hybridized carbons (Fsp3) is 0.400. The molecule has 2 amide bonds. The molecule has 0 spiro atoms. The molecule has 1 aliphatic rings. The van der Waals surface area contributed by atoms with Crippen molar-refractivity contribution in [1.29, 1.82) is 0 Å². The van der Waals surface area contributed by atoms with Crippen molar-refractivity contribution in [2.45, 2.75) is 25.7 Å². The molecule has 0 saturated heterocycles. The molecule has 1 aliphatic carbocycles. The highest BCUT2D eigenvalue weighted by atomic mass is 32.1. The Hall–Kier alpha value is -2.15. The third-order valence-corrected chi connectivity index (χ3v) is 4.48. The zero-order valence-corrected chi connectivity index (χ0v) is 12.8. The molecule has 0 bridgehead atoms. The number of nitrogens with one attached hydrogen (secondary N) is 2. The van der Waals surface area contributed by atoms with Crippen LogP contribution in [-0.4, -0.2) is 23.3 Å². The second-order valence-electron chi connectivity index (χ2n) is 5.35. The Morgan fingerprint density at radius 3 is 2.95 bits per heavy atom. The molecule has 116 valence electrons. The van der Waals surface area contributed by atoms with E-state index < -0.39 is 0 Å². The van der Waals surface area contributed by atoms with E-state index in [0.717, 1.165) is 6.54 Å². The fourth-order valence-corrected chi connectivity index (χ4v) is 2.90. The number of nitrogens with zero attached hydrogens (tertiary/aromatic N) is 1. The van der Waals surface area contributed by atoms with Gasteiger partial charge in [0.2, 0.25) is 5.91 Å². The predicted octanol–water partition coefficient (Wildman–Crippen LogP) is 2.45. The van der Waals surface area contributed by atoms with Gasteiger partial charge in [-0.15, -0.1) is 11.3 Å². The second-order valence-corrected chi connectivity index (χ2v) is 6.21. The van der Waals surface area contributed by atoms with Crippen LogP contribution in [0.25, 0.3) is 0 Å². The highest BCUT2D eigenvalue weighted by Gasteiger charge is 2.18. The lowest BCUT2D eigenvalue weighted by Gasteiger charge is -2.25. The number of carbonyl (C=O) groups is 2. The Labute approximate surface area is 131 Å². The lowest BCUT2D eigenvalue weighted by molar-refractivity contribution is -0.120. The number of hydrogen-bond acceptors (Lipinski definition) is 5. The maximum atomic E-state index is 11.8. The number of furan rings is 1. The molecule has 2 N–H and O–H groups in total. The van der Waals surface area contributed by atoms with Crippen LogP contribution in [0.15, 0.2) is 28.2 Å². The molecule has 1 fully saturated rings. The van der Waals surface area contributed by atoms with E-state index in [4.69, 9.17) is 4.42 Å². The maximum Gasteiger partial charge on any atom is 0.293 e. The second kappa shape index (κ2) is 6.74. The van der Waals surface area contributed by atoms with Crippen molar-refractivity contribution >= 4 is 28.3 Å². The maximum absolute atomic E-state index is 11.8. The highest BCUT2D eigenvalue weighted by molar-refractivity contribution is 7.14. The highest BCUT2D eigenvalue weighted by Crippen LogP contribution is 2.25. The van der Waals surface area contributed by atoms with Gasteiger partial charge in [0.05, 0.1) is 18.4 Å². The van der Waals surface area contributed by atoms with Crippen molar-refractivity contribution in [2.24, 2.45) is 5.92 Å². The molecule has 0 aromatic carbocycles. The number of amides is 2. The molecule has 2 aromatic heterocycles. The van der Waals surface area contributed by atoms with E-state index in [0.29, 0.717) is 16.7 Å². The molecule has 0 radical (unpaired) electrons. The lowest BCUT2D eigenvalue weighted by Crippen LogP contribution is -2.33. The first-order valence-corrected chi connectivity index (χ1v) is 8.14. The van der Waals surface area contributed by atoms with Gasteiger partial charge in [-0.25, -0.2) is 4.98 Å². The van der Waals surface area contributed by atoms with Crippen molar-refractivity contribution in [2.75, 3.05) is 11.9 Å². The molecular formula is C15H17N3O3S. The quantitative estimate of drug-likeness (QED) is 0.856. The average molecular weight is 319 g/mol. The third kappa shape index (κ3) is 3.73. The van der Waals surface area contributed by atoms with Crippen LogP contribution in [0.2, 0.25) is 0 Å². The minimum atomic E-state index is -0.347. The molecule has 6 nitrogen and oxygen atoms in total. The van der Waals surface area contributed by atoms with E-state index in [9.17, 15) is 9.59 Å². The smallest absolute Gasteiger partial charge is 0.293 e.